The van der Waals surface area contributed by atoms with Gasteiger partial charge in [-0.2, -0.15) is 0 Å². The molecule has 80 valence electrons. The van der Waals surface area contributed by atoms with E-state index in [-0.39, 0.29) is 0 Å². The van der Waals surface area contributed by atoms with E-state index in [1.165, 1.54) is 31.4 Å². The smallest absolute Gasteiger partial charge is 0.110 e. The summed E-state index contributed by atoms with van der Waals surface area (Å²) >= 11 is 0. The van der Waals surface area contributed by atoms with E-state index in [4.69, 9.17) is 4.74 Å². The lowest BCUT2D eigenvalue weighted by Gasteiger charge is -2.34. The molecule has 1 saturated carbocycles. The molecular formula is C12H21NO. The van der Waals surface area contributed by atoms with Gasteiger partial charge >= 0.3 is 0 Å². The number of likely N-dealkylation sites (N-methyl/N-ethyl adjacent to an activating group) is 1. The Kier molecular flexibility index (Phi) is 2.82. The molecule has 2 heteroatoms. The summed E-state index contributed by atoms with van der Waals surface area (Å²) in [5, 5.41) is 3.43. The second-order valence-electron chi connectivity index (χ2n) is 4.83. The Morgan fingerprint density at radius 1 is 1.43 bits per heavy atom. The number of rotatable bonds is 3. The second-order valence-corrected chi connectivity index (χ2v) is 4.83. The van der Waals surface area contributed by atoms with Gasteiger partial charge in [0.05, 0.1) is 12.6 Å². The number of ether oxygens (including phenoxy) is 1. The molecule has 2 rings (SSSR count). The Hall–Kier alpha value is -0.500. The summed E-state index contributed by atoms with van der Waals surface area (Å²) in [4.78, 5) is 0. The Morgan fingerprint density at radius 3 is 2.64 bits per heavy atom. The second kappa shape index (κ2) is 3.93. The van der Waals surface area contributed by atoms with Crippen LogP contribution < -0.4 is 5.32 Å². The average molecular weight is 195 g/mol. The van der Waals surface area contributed by atoms with Crippen LogP contribution in [-0.2, 0) is 4.74 Å². The molecule has 0 spiro atoms. The van der Waals surface area contributed by atoms with Crippen molar-refractivity contribution >= 4 is 0 Å². The van der Waals surface area contributed by atoms with E-state index in [2.05, 4.69) is 25.4 Å². The Balaban J connectivity index is 2.11. The third kappa shape index (κ3) is 1.68. The number of hydrogen-bond donors (Lipinski definition) is 1. The maximum Gasteiger partial charge on any atom is 0.110 e. The summed E-state index contributed by atoms with van der Waals surface area (Å²) in [5.41, 5.74) is 0.422. The predicted molar refractivity (Wildman–Crippen MR) is 58.1 cm³/mol. The fraction of sp³-hybridized carbons (Fsp3) is 0.833. The minimum absolute atomic E-state index is 0.422. The van der Waals surface area contributed by atoms with Crippen LogP contribution in [0, 0.1) is 5.41 Å². The highest BCUT2D eigenvalue weighted by Crippen LogP contribution is 2.43. The summed E-state index contributed by atoms with van der Waals surface area (Å²) in [6.45, 7) is 3.27. The standard InChI is InChI=1S/C12H21NO/c1-12(7-3-4-8-12)11(13-2)10-6-5-9-14-10/h6,11,13H,3-5,7-9H2,1-2H3. The van der Waals surface area contributed by atoms with Crippen molar-refractivity contribution in [3.05, 3.63) is 11.8 Å². The van der Waals surface area contributed by atoms with Crippen LogP contribution in [0.15, 0.2) is 11.8 Å². The summed E-state index contributed by atoms with van der Waals surface area (Å²) in [6.07, 6.45) is 8.76. The molecule has 1 fully saturated rings. The molecular weight excluding hydrogens is 174 g/mol. The topological polar surface area (TPSA) is 21.3 Å². The van der Waals surface area contributed by atoms with E-state index in [0.29, 0.717) is 11.5 Å². The third-order valence-electron chi connectivity index (χ3n) is 3.75. The molecule has 1 N–H and O–H groups in total. The molecule has 1 unspecified atom stereocenters. The monoisotopic (exact) mass is 195 g/mol. The lowest BCUT2D eigenvalue weighted by molar-refractivity contribution is 0.155. The molecule has 1 aliphatic carbocycles. The summed E-state index contributed by atoms with van der Waals surface area (Å²) in [7, 11) is 2.05. The first kappa shape index (κ1) is 10.0. The highest BCUT2D eigenvalue weighted by molar-refractivity contribution is 5.13. The minimum atomic E-state index is 0.422. The highest BCUT2D eigenvalue weighted by Gasteiger charge is 2.39. The zero-order valence-corrected chi connectivity index (χ0v) is 9.31. The maximum atomic E-state index is 5.68. The third-order valence-corrected chi connectivity index (χ3v) is 3.75. The lowest BCUT2D eigenvalue weighted by Crippen LogP contribution is -2.41. The van der Waals surface area contributed by atoms with Gasteiger partial charge < -0.3 is 10.1 Å². The molecule has 0 radical (unpaired) electrons. The Bertz CT molecular complexity index is 228. The first-order valence-electron chi connectivity index (χ1n) is 5.76. The van der Waals surface area contributed by atoms with E-state index in [1.54, 1.807) is 0 Å². The van der Waals surface area contributed by atoms with Crippen LogP contribution >= 0.6 is 0 Å². The van der Waals surface area contributed by atoms with Gasteiger partial charge in [0, 0.05) is 6.42 Å². The van der Waals surface area contributed by atoms with E-state index in [0.717, 1.165) is 13.0 Å². The van der Waals surface area contributed by atoms with Crippen molar-refractivity contribution in [1.82, 2.24) is 5.32 Å². The molecule has 0 bridgehead atoms. The molecule has 0 aromatic heterocycles. The van der Waals surface area contributed by atoms with Gasteiger partial charge in [-0.15, -0.1) is 0 Å². The van der Waals surface area contributed by atoms with Gasteiger partial charge in [0.1, 0.15) is 5.76 Å². The molecule has 1 heterocycles. The van der Waals surface area contributed by atoms with Crippen LogP contribution in [0.2, 0.25) is 0 Å². The predicted octanol–water partition coefficient (Wildman–Crippen LogP) is 2.46. The minimum Gasteiger partial charge on any atom is -0.496 e. The Labute approximate surface area is 86.7 Å². The van der Waals surface area contributed by atoms with E-state index in [1.807, 2.05) is 0 Å². The van der Waals surface area contributed by atoms with Gasteiger partial charge in [-0.1, -0.05) is 19.8 Å². The molecule has 0 amide bonds. The van der Waals surface area contributed by atoms with Crippen LogP contribution in [-0.4, -0.2) is 19.7 Å². The summed E-state index contributed by atoms with van der Waals surface area (Å²) in [5.74, 6) is 1.19. The quantitative estimate of drug-likeness (QED) is 0.747. The van der Waals surface area contributed by atoms with Crippen molar-refractivity contribution in [3.8, 4) is 0 Å². The first-order valence-corrected chi connectivity index (χ1v) is 5.76. The summed E-state index contributed by atoms with van der Waals surface area (Å²) < 4.78 is 5.68. The van der Waals surface area contributed by atoms with E-state index >= 15 is 0 Å². The van der Waals surface area contributed by atoms with Gasteiger partial charge in [0.25, 0.3) is 0 Å². The average Bonchev–Trinajstić information content (AvgIpc) is 2.78. The molecule has 0 saturated heterocycles. The van der Waals surface area contributed by atoms with Crippen molar-refractivity contribution in [1.29, 1.82) is 0 Å². The van der Waals surface area contributed by atoms with Crippen LogP contribution in [0.25, 0.3) is 0 Å². The zero-order valence-electron chi connectivity index (χ0n) is 9.31. The van der Waals surface area contributed by atoms with Crippen molar-refractivity contribution < 1.29 is 4.74 Å². The van der Waals surface area contributed by atoms with Gasteiger partial charge in [-0.25, -0.2) is 0 Å². The van der Waals surface area contributed by atoms with Crippen LogP contribution in [0.3, 0.4) is 0 Å². The largest absolute Gasteiger partial charge is 0.496 e. The fourth-order valence-corrected chi connectivity index (χ4v) is 2.94. The van der Waals surface area contributed by atoms with E-state index in [9.17, 15) is 0 Å². The number of nitrogens with one attached hydrogen (secondary N) is 1. The SMILES string of the molecule is CNC(C1=CCCO1)C1(C)CCCC1. The molecule has 0 aromatic rings. The van der Waals surface area contributed by atoms with Crippen molar-refractivity contribution in [2.24, 2.45) is 5.41 Å². The normalized spacial score (nSPS) is 27.1. The van der Waals surface area contributed by atoms with Crippen molar-refractivity contribution in [2.45, 2.75) is 45.1 Å². The molecule has 0 aromatic carbocycles. The lowest BCUT2D eigenvalue weighted by atomic mass is 9.79. The van der Waals surface area contributed by atoms with Gasteiger partial charge in [-0.05, 0) is 31.4 Å². The van der Waals surface area contributed by atoms with Crippen LogP contribution in [0.4, 0.5) is 0 Å². The summed E-state index contributed by atoms with van der Waals surface area (Å²) in [6, 6.07) is 0.437. The molecule has 1 atom stereocenters. The van der Waals surface area contributed by atoms with Crippen LogP contribution in [0.5, 0.6) is 0 Å². The zero-order chi connectivity index (χ0) is 10.0. The van der Waals surface area contributed by atoms with Gasteiger partial charge in [0.15, 0.2) is 0 Å². The van der Waals surface area contributed by atoms with E-state index < -0.39 is 0 Å². The number of hydrogen-bond acceptors (Lipinski definition) is 2. The molecule has 2 aliphatic rings. The maximum absolute atomic E-state index is 5.68. The molecule has 14 heavy (non-hydrogen) atoms. The Morgan fingerprint density at radius 2 is 2.14 bits per heavy atom. The van der Waals surface area contributed by atoms with Gasteiger partial charge in [-0.3, -0.25) is 0 Å². The van der Waals surface area contributed by atoms with Crippen LogP contribution in [0.1, 0.15) is 39.0 Å². The van der Waals surface area contributed by atoms with Crippen molar-refractivity contribution in [3.63, 3.8) is 0 Å². The molecule has 2 nitrogen and oxygen atoms in total. The fourth-order valence-electron chi connectivity index (χ4n) is 2.94. The first-order chi connectivity index (χ1) is 6.76. The van der Waals surface area contributed by atoms with Crippen molar-refractivity contribution in [2.75, 3.05) is 13.7 Å². The molecule has 1 aliphatic heterocycles. The highest BCUT2D eigenvalue weighted by atomic mass is 16.5. The van der Waals surface area contributed by atoms with Gasteiger partial charge in [0.2, 0.25) is 0 Å².